The van der Waals surface area contributed by atoms with Gasteiger partial charge in [-0.25, -0.2) is 13.2 Å². The van der Waals surface area contributed by atoms with E-state index in [1.807, 2.05) is 24.3 Å². The van der Waals surface area contributed by atoms with Crippen LogP contribution in [0.5, 0.6) is 11.5 Å². The van der Waals surface area contributed by atoms with E-state index in [9.17, 15) is 9.18 Å². The molecule has 1 aliphatic rings. The maximum absolute atomic E-state index is 15.2. The molecule has 0 bridgehead atoms. The Morgan fingerprint density at radius 2 is 1.61 bits per heavy atom. The molecule has 1 aliphatic carbocycles. The van der Waals surface area contributed by atoms with Gasteiger partial charge in [-0.15, -0.1) is 0 Å². The number of benzene rings is 3. The summed E-state index contributed by atoms with van der Waals surface area (Å²) in [6, 6.07) is 15.1. The van der Waals surface area contributed by atoms with Crippen molar-refractivity contribution in [3.8, 4) is 22.6 Å². The van der Waals surface area contributed by atoms with Crippen molar-refractivity contribution >= 4 is 5.97 Å². The Hall–Kier alpha value is -3.28. The monoisotopic (exact) mass is 524 g/mol. The third-order valence-electron chi connectivity index (χ3n) is 7.37. The van der Waals surface area contributed by atoms with E-state index in [1.54, 1.807) is 19.1 Å². The predicted octanol–water partition coefficient (Wildman–Crippen LogP) is 8.78. The van der Waals surface area contributed by atoms with Gasteiger partial charge < -0.3 is 9.47 Å². The number of hydrogen-bond donors (Lipinski definition) is 0. The van der Waals surface area contributed by atoms with Crippen molar-refractivity contribution in [1.82, 2.24) is 0 Å². The van der Waals surface area contributed by atoms with Gasteiger partial charge in [0.25, 0.3) is 0 Å². The van der Waals surface area contributed by atoms with Crippen molar-refractivity contribution < 1.29 is 27.4 Å². The topological polar surface area (TPSA) is 35.5 Å². The minimum absolute atomic E-state index is 0.104. The van der Waals surface area contributed by atoms with E-state index >= 15 is 8.78 Å². The molecule has 0 atom stereocenters. The fraction of sp³-hybridized carbons (Fsp3) is 0.406. The van der Waals surface area contributed by atoms with E-state index in [0.29, 0.717) is 43.4 Å². The van der Waals surface area contributed by atoms with Crippen LogP contribution in [0.1, 0.15) is 75.8 Å². The van der Waals surface area contributed by atoms with Crippen molar-refractivity contribution in [2.24, 2.45) is 5.92 Å². The second-order valence-electron chi connectivity index (χ2n) is 9.98. The molecule has 0 heterocycles. The lowest BCUT2D eigenvalue weighted by molar-refractivity contribution is -0.140. The Morgan fingerprint density at radius 3 is 2.26 bits per heavy atom. The second-order valence-corrected chi connectivity index (χ2v) is 9.98. The Bertz CT molecular complexity index is 1230. The fourth-order valence-corrected chi connectivity index (χ4v) is 5.19. The van der Waals surface area contributed by atoms with E-state index < -0.39 is 23.4 Å². The van der Waals surface area contributed by atoms with Crippen LogP contribution >= 0.6 is 0 Å². The van der Waals surface area contributed by atoms with E-state index in [2.05, 4.69) is 6.92 Å². The zero-order chi connectivity index (χ0) is 27.1. The summed E-state index contributed by atoms with van der Waals surface area (Å²) in [5.74, 6) is -3.00. The van der Waals surface area contributed by atoms with Gasteiger partial charge in [0.05, 0.1) is 12.5 Å². The molecule has 1 fully saturated rings. The molecule has 6 heteroatoms. The number of carbonyl (C=O) groups excluding carboxylic acids is 1. The van der Waals surface area contributed by atoms with Crippen LogP contribution in [0, 0.1) is 23.4 Å². The molecule has 0 N–H and O–H groups in total. The number of unbranched alkanes of at least 4 members (excludes halogenated alkanes) is 2. The summed E-state index contributed by atoms with van der Waals surface area (Å²) in [4.78, 5) is 12.6. The molecule has 38 heavy (non-hydrogen) atoms. The average Bonchev–Trinajstić information content (AvgIpc) is 2.92. The lowest BCUT2D eigenvalue weighted by Crippen LogP contribution is -2.25. The van der Waals surface area contributed by atoms with Gasteiger partial charge >= 0.3 is 5.97 Å². The zero-order valence-corrected chi connectivity index (χ0v) is 22.1. The van der Waals surface area contributed by atoms with Gasteiger partial charge in [0.1, 0.15) is 5.75 Å². The highest BCUT2D eigenvalue weighted by Crippen LogP contribution is 2.39. The molecule has 0 amide bonds. The standard InChI is InChI=1S/C32H35F3O3/c1-3-5-6-7-21-8-10-22(11-9-21)26-17-18-27(31(35)30(26)34)23-12-14-24(15-13-23)32(36)38-25-16-19-29(37-4-2)28(33)20-25/h8-11,16-20,23-24H,3-7,12-15H2,1-2H3. The van der Waals surface area contributed by atoms with Gasteiger partial charge in [-0.1, -0.05) is 56.2 Å². The minimum Gasteiger partial charge on any atom is -0.491 e. The number of esters is 1. The highest BCUT2D eigenvalue weighted by atomic mass is 19.2. The van der Waals surface area contributed by atoms with Crippen LogP contribution in [-0.4, -0.2) is 12.6 Å². The molecule has 3 aromatic rings. The number of ether oxygens (including phenoxy) is 2. The molecular formula is C32H35F3O3. The SMILES string of the molecule is CCCCCc1ccc(-c2ccc(C3CCC(C(=O)Oc4ccc(OCC)c(F)c4)CC3)c(F)c2F)cc1. The Morgan fingerprint density at radius 1 is 0.868 bits per heavy atom. The fourth-order valence-electron chi connectivity index (χ4n) is 5.19. The van der Waals surface area contributed by atoms with Crippen LogP contribution in [0.25, 0.3) is 11.1 Å². The van der Waals surface area contributed by atoms with Crippen LogP contribution in [0.4, 0.5) is 13.2 Å². The highest BCUT2D eigenvalue weighted by Gasteiger charge is 2.31. The molecular weight excluding hydrogens is 489 g/mol. The summed E-state index contributed by atoms with van der Waals surface area (Å²) in [5, 5.41) is 0. The van der Waals surface area contributed by atoms with Crippen molar-refractivity contribution in [2.75, 3.05) is 6.61 Å². The van der Waals surface area contributed by atoms with Crippen molar-refractivity contribution in [3.63, 3.8) is 0 Å². The van der Waals surface area contributed by atoms with Gasteiger partial charge in [0.15, 0.2) is 23.2 Å². The highest BCUT2D eigenvalue weighted by molar-refractivity contribution is 5.75. The Labute approximate surface area is 223 Å². The third kappa shape index (κ3) is 6.58. The largest absolute Gasteiger partial charge is 0.491 e. The first-order chi connectivity index (χ1) is 18.4. The van der Waals surface area contributed by atoms with Crippen LogP contribution < -0.4 is 9.47 Å². The number of carbonyl (C=O) groups is 1. The summed E-state index contributed by atoms with van der Waals surface area (Å²) in [5.41, 5.74) is 2.46. The van der Waals surface area contributed by atoms with E-state index in [4.69, 9.17) is 9.47 Å². The maximum atomic E-state index is 15.2. The Kier molecular flexibility index (Phi) is 9.48. The van der Waals surface area contributed by atoms with E-state index in [1.165, 1.54) is 24.1 Å². The predicted molar refractivity (Wildman–Crippen MR) is 143 cm³/mol. The summed E-state index contributed by atoms with van der Waals surface area (Å²) in [6.45, 7) is 4.25. The van der Waals surface area contributed by atoms with Gasteiger partial charge in [-0.2, -0.15) is 0 Å². The van der Waals surface area contributed by atoms with Crippen LogP contribution in [0.15, 0.2) is 54.6 Å². The number of halogens is 3. The summed E-state index contributed by atoms with van der Waals surface area (Å²) >= 11 is 0. The molecule has 0 unspecified atom stereocenters. The summed E-state index contributed by atoms with van der Waals surface area (Å²) in [6.07, 6.45) is 6.50. The van der Waals surface area contributed by atoms with Gasteiger partial charge in [-0.3, -0.25) is 4.79 Å². The number of hydrogen-bond acceptors (Lipinski definition) is 3. The smallest absolute Gasteiger partial charge is 0.314 e. The molecule has 0 aromatic heterocycles. The number of rotatable bonds is 10. The quantitative estimate of drug-likeness (QED) is 0.151. The van der Waals surface area contributed by atoms with Crippen LogP contribution in [0.2, 0.25) is 0 Å². The molecule has 0 radical (unpaired) electrons. The molecule has 3 nitrogen and oxygen atoms in total. The Balaban J connectivity index is 1.36. The van der Waals surface area contributed by atoms with Gasteiger partial charge in [0, 0.05) is 11.6 Å². The van der Waals surface area contributed by atoms with Crippen molar-refractivity contribution in [2.45, 2.75) is 71.1 Å². The first kappa shape index (κ1) is 27.7. The van der Waals surface area contributed by atoms with Gasteiger partial charge in [0.2, 0.25) is 0 Å². The van der Waals surface area contributed by atoms with E-state index in [0.717, 1.165) is 25.3 Å². The van der Waals surface area contributed by atoms with Crippen LogP contribution in [0.3, 0.4) is 0 Å². The minimum atomic E-state index is -0.833. The molecule has 3 aromatic carbocycles. The molecule has 0 saturated heterocycles. The average molecular weight is 525 g/mol. The first-order valence-corrected chi connectivity index (χ1v) is 13.6. The van der Waals surface area contributed by atoms with Gasteiger partial charge in [-0.05, 0) is 80.2 Å². The van der Waals surface area contributed by atoms with Crippen molar-refractivity contribution in [1.29, 1.82) is 0 Å². The summed E-state index contributed by atoms with van der Waals surface area (Å²) in [7, 11) is 0. The molecule has 0 aliphatic heterocycles. The summed E-state index contributed by atoms with van der Waals surface area (Å²) < 4.78 is 54.9. The third-order valence-corrected chi connectivity index (χ3v) is 7.37. The first-order valence-electron chi connectivity index (χ1n) is 13.6. The lowest BCUT2D eigenvalue weighted by atomic mass is 9.78. The van der Waals surface area contributed by atoms with E-state index in [-0.39, 0.29) is 28.9 Å². The molecule has 0 spiro atoms. The lowest BCUT2D eigenvalue weighted by Gasteiger charge is -2.28. The van der Waals surface area contributed by atoms with Crippen molar-refractivity contribution in [3.05, 3.63) is 83.2 Å². The number of aryl methyl sites for hydroxylation is 1. The maximum Gasteiger partial charge on any atom is 0.314 e. The zero-order valence-electron chi connectivity index (χ0n) is 22.1. The van der Waals surface area contributed by atoms with Crippen LogP contribution in [-0.2, 0) is 11.2 Å². The molecule has 202 valence electrons. The molecule has 4 rings (SSSR count). The normalized spacial score (nSPS) is 17.3. The molecule has 1 saturated carbocycles. The second kappa shape index (κ2) is 13.0.